The third-order valence-electron chi connectivity index (χ3n) is 2.80. The summed E-state index contributed by atoms with van der Waals surface area (Å²) in [4.78, 5) is 9.90. The van der Waals surface area contributed by atoms with E-state index in [4.69, 9.17) is 4.74 Å². The molecule has 23 heavy (non-hydrogen) atoms. The van der Waals surface area contributed by atoms with Crippen LogP contribution in [0.1, 0.15) is 17.0 Å². The Morgan fingerprint density at radius 2 is 1.52 bits per heavy atom. The largest absolute Gasteiger partial charge is 0.451 e. The molecule has 0 N–H and O–H groups in total. The molecule has 0 aromatic carbocycles. The molecule has 0 aliphatic heterocycles. The van der Waals surface area contributed by atoms with Gasteiger partial charge in [0.05, 0.1) is 17.9 Å². The molecule has 0 radical (unpaired) electrons. The molecule has 0 bridgehead atoms. The first-order valence-electron chi connectivity index (χ1n) is 6.07. The number of rotatable bonds is 3. The van der Waals surface area contributed by atoms with Crippen LogP contribution in [0.5, 0.6) is 0 Å². The van der Waals surface area contributed by atoms with E-state index in [1.54, 1.807) is 0 Å². The number of halogens is 6. The van der Waals surface area contributed by atoms with Crippen LogP contribution in [0.2, 0.25) is 0 Å². The quantitative estimate of drug-likeness (QED) is 0.801. The molecular weight excluding hydrogens is 328 g/mol. The number of ether oxygens (including phenoxy) is 1. The Kier molecular flexibility index (Phi) is 4.55. The summed E-state index contributed by atoms with van der Waals surface area (Å²) in [7, 11) is 1.22. The van der Waals surface area contributed by atoms with E-state index in [9.17, 15) is 26.3 Å². The summed E-state index contributed by atoms with van der Waals surface area (Å²) in [6.45, 7) is -0.328. The number of hydrogen-bond donors (Lipinski definition) is 0. The molecule has 2 rings (SSSR count). The van der Waals surface area contributed by atoms with E-state index in [-0.39, 0.29) is 23.4 Å². The Bertz CT molecular complexity index is 682. The summed E-state index contributed by atoms with van der Waals surface area (Å²) in [6, 6.07) is 1.08. The summed E-state index contributed by atoms with van der Waals surface area (Å²) in [5.41, 5.74) is -1.09. The SMILES string of the molecule is COCc1cc(-c2cnc(C(F)(F)F)nc2)ncc1C(F)(F)F. The maximum Gasteiger partial charge on any atom is 0.451 e. The summed E-state index contributed by atoms with van der Waals surface area (Å²) in [5.74, 6) is -1.34. The van der Waals surface area contributed by atoms with E-state index in [2.05, 4.69) is 15.0 Å². The third kappa shape index (κ3) is 3.95. The van der Waals surface area contributed by atoms with E-state index < -0.39 is 23.7 Å². The Hall–Kier alpha value is -2.23. The molecule has 124 valence electrons. The zero-order valence-corrected chi connectivity index (χ0v) is 11.5. The average Bonchev–Trinajstić information content (AvgIpc) is 2.45. The molecule has 0 atom stereocenters. The second-order valence-electron chi connectivity index (χ2n) is 4.45. The molecule has 0 spiro atoms. The van der Waals surface area contributed by atoms with Crippen LogP contribution in [0.15, 0.2) is 24.7 Å². The van der Waals surface area contributed by atoms with Crippen LogP contribution in [0.4, 0.5) is 26.3 Å². The first-order valence-corrected chi connectivity index (χ1v) is 6.07. The topological polar surface area (TPSA) is 47.9 Å². The lowest BCUT2D eigenvalue weighted by molar-refractivity contribution is -0.145. The van der Waals surface area contributed by atoms with E-state index in [1.165, 1.54) is 7.11 Å². The highest BCUT2D eigenvalue weighted by Gasteiger charge is 2.35. The van der Waals surface area contributed by atoms with Crippen LogP contribution < -0.4 is 0 Å². The monoisotopic (exact) mass is 337 g/mol. The van der Waals surface area contributed by atoms with Crippen molar-refractivity contribution < 1.29 is 31.1 Å². The first-order chi connectivity index (χ1) is 10.6. The Balaban J connectivity index is 2.42. The van der Waals surface area contributed by atoms with Gasteiger partial charge in [0.2, 0.25) is 5.82 Å². The zero-order valence-electron chi connectivity index (χ0n) is 11.5. The average molecular weight is 337 g/mol. The molecular formula is C13H9F6N3O. The summed E-state index contributed by atoms with van der Waals surface area (Å²) < 4.78 is 80.4. The Labute approximate surface area is 126 Å². The van der Waals surface area contributed by atoms with Gasteiger partial charge in [-0.2, -0.15) is 26.3 Å². The smallest absolute Gasteiger partial charge is 0.380 e. The van der Waals surface area contributed by atoms with Crippen molar-refractivity contribution in [1.82, 2.24) is 15.0 Å². The molecule has 0 unspecified atom stereocenters. The summed E-state index contributed by atoms with van der Waals surface area (Å²) in [5, 5.41) is 0. The molecule has 2 aromatic rings. The minimum Gasteiger partial charge on any atom is -0.380 e. The van der Waals surface area contributed by atoms with Crippen molar-refractivity contribution in [2.24, 2.45) is 0 Å². The fourth-order valence-electron chi connectivity index (χ4n) is 1.79. The van der Waals surface area contributed by atoms with Gasteiger partial charge in [-0.15, -0.1) is 0 Å². The first kappa shape index (κ1) is 17.1. The van der Waals surface area contributed by atoms with Crippen LogP contribution in [0, 0.1) is 0 Å². The predicted molar refractivity (Wildman–Crippen MR) is 66.0 cm³/mol. The van der Waals surface area contributed by atoms with Crippen molar-refractivity contribution in [2.45, 2.75) is 19.0 Å². The van der Waals surface area contributed by atoms with Crippen LogP contribution in [-0.4, -0.2) is 22.1 Å². The normalized spacial score (nSPS) is 12.5. The maximum absolute atomic E-state index is 12.8. The van der Waals surface area contributed by atoms with Crippen molar-refractivity contribution >= 4 is 0 Å². The van der Waals surface area contributed by atoms with Crippen molar-refractivity contribution in [3.05, 3.63) is 41.6 Å². The lowest BCUT2D eigenvalue weighted by atomic mass is 10.1. The number of aromatic nitrogens is 3. The number of alkyl halides is 6. The van der Waals surface area contributed by atoms with Gasteiger partial charge in [-0.05, 0) is 11.6 Å². The van der Waals surface area contributed by atoms with Crippen LogP contribution in [0.3, 0.4) is 0 Å². The molecule has 0 fully saturated rings. The van der Waals surface area contributed by atoms with Crippen LogP contribution in [-0.2, 0) is 23.7 Å². The molecule has 4 nitrogen and oxygen atoms in total. The third-order valence-corrected chi connectivity index (χ3v) is 2.80. The highest BCUT2D eigenvalue weighted by atomic mass is 19.4. The summed E-state index contributed by atoms with van der Waals surface area (Å²) in [6.07, 6.45) is -7.02. The van der Waals surface area contributed by atoms with Gasteiger partial charge in [0.1, 0.15) is 0 Å². The Morgan fingerprint density at radius 1 is 0.913 bits per heavy atom. The van der Waals surface area contributed by atoms with Crippen molar-refractivity contribution in [1.29, 1.82) is 0 Å². The van der Waals surface area contributed by atoms with Crippen LogP contribution >= 0.6 is 0 Å². The number of pyridine rings is 1. The van der Waals surface area contributed by atoms with E-state index in [0.29, 0.717) is 6.20 Å². The number of methoxy groups -OCH3 is 1. The number of nitrogens with zero attached hydrogens (tertiary/aromatic N) is 3. The van der Waals surface area contributed by atoms with Crippen LogP contribution in [0.25, 0.3) is 11.3 Å². The van der Waals surface area contributed by atoms with Gasteiger partial charge in [0.15, 0.2) is 0 Å². The van der Waals surface area contributed by atoms with Crippen molar-refractivity contribution in [3.63, 3.8) is 0 Å². The molecule has 0 aliphatic carbocycles. The molecule has 0 saturated carbocycles. The zero-order chi connectivity index (χ0) is 17.3. The lowest BCUT2D eigenvalue weighted by Crippen LogP contribution is -2.12. The maximum atomic E-state index is 12.8. The van der Waals surface area contributed by atoms with E-state index >= 15 is 0 Å². The van der Waals surface area contributed by atoms with Crippen molar-refractivity contribution in [2.75, 3.05) is 7.11 Å². The second kappa shape index (κ2) is 6.11. The van der Waals surface area contributed by atoms with E-state index in [0.717, 1.165) is 18.5 Å². The van der Waals surface area contributed by atoms with E-state index in [1.807, 2.05) is 0 Å². The van der Waals surface area contributed by atoms with Gasteiger partial charge < -0.3 is 4.74 Å². The minimum absolute atomic E-state index is 0.0128. The molecule has 0 saturated heterocycles. The Morgan fingerprint density at radius 3 is 2.00 bits per heavy atom. The predicted octanol–water partition coefficient (Wildman–Crippen LogP) is 3.72. The van der Waals surface area contributed by atoms with Gasteiger partial charge in [-0.25, -0.2) is 9.97 Å². The van der Waals surface area contributed by atoms with Gasteiger partial charge in [0.25, 0.3) is 0 Å². The molecule has 0 aliphatic rings. The molecule has 2 aromatic heterocycles. The van der Waals surface area contributed by atoms with Gasteiger partial charge in [0, 0.05) is 31.3 Å². The fourth-order valence-corrected chi connectivity index (χ4v) is 1.79. The lowest BCUT2D eigenvalue weighted by Gasteiger charge is -2.13. The van der Waals surface area contributed by atoms with Gasteiger partial charge in [-0.1, -0.05) is 0 Å². The van der Waals surface area contributed by atoms with Gasteiger partial charge >= 0.3 is 12.4 Å². The molecule has 0 amide bonds. The van der Waals surface area contributed by atoms with Gasteiger partial charge in [-0.3, -0.25) is 4.98 Å². The second-order valence-corrected chi connectivity index (χ2v) is 4.45. The summed E-state index contributed by atoms with van der Waals surface area (Å²) >= 11 is 0. The fraction of sp³-hybridized carbons (Fsp3) is 0.308. The minimum atomic E-state index is -4.70. The highest BCUT2D eigenvalue weighted by molar-refractivity contribution is 5.58. The number of hydrogen-bond acceptors (Lipinski definition) is 4. The molecule has 2 heterocycles. The standard InChI is InChI=1S/C13H9F6N3O/c1-23-6-7-2-10(20-5-9(7)12(14,15)16)8-3-21-11(22-4-8)13(17,18)19/h2-5H,6H2,1H3. The highest BCUT2D eigenvalue weighted by Crippen LogP contribution is 2.33. The molecule has 10 heteroatoms. The van der Waals surface area contributed by atoms with Crippen molar-refractivity contribution in [3.8, 4) is 11.3 Å².